The van der Waals surface area contributed by atoms with Crippen LogP contribution >= 0.6 is 35.0 Å². The molecule has 2 aromatic heterocycles. The van der Waals surface area contributed by atoms with Crippen molar-refractivity contribution in [2.75, 3.05) is 10.6 Å². The van der Waals surface area contributed by atoms with Crippen LogP contribution in [0.15, 0.2) is 65.2 Å². The molecule has 0 atom stereocenters. The summed E-state index contributed by atoms with van der Waals surface area (Å²) >= 11 is 13.2. The number of halogens is 2. The number of nitrogens with zero attached hydrogens (tertiary/aromatic N) is 6. The summed E-state index contributed by atoms with van der Waals surface area (Å²) in [7, 11) is 1.85. The number of anilines is 4. The minimum Gasteiger partial charge on any atom is -0.324 e. The SMILES string of the molecule is Cn1cnnc1Sc1nc(Nc2ccc(Cl)cc2)nc(Nc2ccc(Cl)cc2)n1. The van der Waals surface area contributed by atoms with Crippen LogP contribution in [0, 0.1) is 0 Å². The Balaban J connectivity index is 1.65. The number of benzene rings is 2. The molecule has 0 fully saturated rings. The van der Waals surface area contributed by atoms with Gasteiger partial charge in [0.2, 0.25) is 17.1 Å². The molecule has 0 radical (unpaired) electrons. The van der Waals surface area contributed by atoms with Crippen LogP contribution in [-0.2, 0) is 7.05 Å². The Labute approximate surface area is 180 Å². The highest BCUT2D eigenvalue weighted by atomic mass is 35.5. The van der Waals surface area contributed by atoms with Gasteiger partial charge in [-0.2, -0.15) is 15.0 Å². The van der Waals surface area contributed by atoms with E-state index >= 15 is 0 Å². The molecule has 0 saturated carbocycles. The molecule has 4 aromatic rings. The fourth-order valence-corrected chi connectivity index (χ4v) is 3.24. The molecule has 11 heteroatoms. The van der Waals surface area contributed by atoms with Crippen LogP contribution in [0.25, 0.3) is 0 Å². The van der Waals surface area contributed by atoms with E-state index in [0.717, 1.165) is 11.4 Å². The van der Waals surface area contributed by atoms with Crippen molar-refractivity contribution >= 4 is 58.2 Å². The first kappa shape index (κ1) is 19.4. The number of nitrogens with one attached hydrogen (secondary N) is 2. The smallest absolute Gasteiger partial charge is 0.233 e. The van der Waals surface area contributed by atoms with E-state index in [1.807, 2.05) is 31.3 Å². The lowest BCUT2D eigenvalue weighted by atomic mass is 10.3. The fraction of sp³-hybridized carbons (Fsp3) is 0.0556. The largest absolute Gasteiger partial charge is 0.324 e. The molecule has 2 heterocycles. The molecule has 146 valence electrons. The molecular weight excluding hydrogens is 431 g/mol. The maximum Gasteiger partial charge on any atom is 0.233 e. The zero-order valence-electron chi connectivity index (χ0n) is 15.0. The van der Waals surface area contributed by atoms with Crippen molar-refractivity contribution in [3.05, 3.63) is 64.9 Å². The van der Waals surface area contributed by atoms with Crippen molar-refractivity contribution < 1.29 is 0 Å². The maximum absolute atomic E-state index is 5.95. The van der Waals surface area contributed by atoms with Gasteiger partial charge in [-0.15, -0.1) is 10.2 Å². The predicted octanol–water partition coefficient (Wildman–Crippen LogP) is 4.95. The van der Waals surface area contributed by atoms with Gasteiger partial charge in [0.15, 0.2) is 5.16 Å². The van der Waals surface area contributed by atoms with Crippen molar-refractivity contribution in [2.45, 2.75) is 10.3 Å². The van der Waals surface area contributed by atoms with Gasteiger partial charge in [0.05, 0.1) is 0 Å². The fourth-order valence-electron chi connectivity index (χ4n) is 2.29. The van der Waals surface area contributed by atoms with Crippen LogP contribution in [0.3, 0.4) is 0 Å². The lowest BCUT2D eigenvalue weighted by molar-refractivity contribution is 0.783. The van der Waals surface area contributed by atoms with Crippen molar-refractivity contribution in [1.82, 2.24) is 29.7 Å². The third kappa shape index (κ3) is 5.14. The molecule has 29 heavy (non-hydrogen) atoms. The second-order valence-electron chi connectivity index (χ2n) is 5.86. The summed E-state index contributed by atoms with van der Waals surface area (Å²) in [5, 5.41) is 16.7. The van der Waals surface area contributed by atoms with E-state index in [2.05, 4.69) is 35.8 Å². The highest BCUT2D eigenvalue weighted by molar-refractivity contribution is 7.99. The molecule has 2 aromatic carbocycles. The number of hydrogen-bond acceptors (Lipinski definition) is 8. The van der Waals surface area contributed by atoms with Gasteiger partial charge in [-0.1, -0.05) is 23.2 Å². The van der Waals surface area contributed by atoms with Gasteiger partial charge in [0.1, 0.15) is 6.33 Å². The molecule has 0 saturated heterocycles. The Kier molecular flexibility index (Phi) is 5.79. The van der Waals surface area contributed by atoms with E-state index in [-0.39, 0.29) is 0 Å². The zero-order chi connectivity index (χ0) is 20.2. The molecule has 0 bridgehead atoms. The first-order valence-corrected chi connectivity index (χ1v) is 9.95. The first-order valence-electron chi connectivity index (χ1n) is 8.38. The maximum atomic E-state index is 5.95. The number of hydrogen-bond donors (Lipinski definition) is 2. The molecule has 2 N–H and O–H groups in total. The standard InChI is InChI=1S/C18H14Cl2N8S/c1-28-10-21-27-18(28)29-17-25-15(22-13-6-2-11(19)3-7-13)24-16(26-17)23-14-8-4-12(20)5-9-14/h2-10H,1H3,(H2,22,23,24,25,26). The van der Waals surface area contributed by atoms with Gasteiger partial charge >= 0.3 is 0 Å². The molecule has 0 amide bonds. The summed E-state index contributed by atoms with van der Waals surface area (Å²) in [4.78, 5) is 13.4. The predicted molar refractivity (Wildman–Crippen MR) is 114 cm³/mol. The molecule has 8 nitrogen and oxygen atoms in total. The van der Waals surface area contributed by atoms with E-state index in [0.29, 0.717) is 32.3 Å². The monoisotopic (exact) mass is 444 g/mol. The average Bonchev–Trinajstić information content (AvgIpc) is 3.10. The van der Waals surface area contributed by atoms with Gasteiger partial charge in [0.25, 0.3) is 0 Å². The summed E-state index contributed by atoms with van der Waals surface area (Å²) in [5.41, 5.74) is 1.60. The van der Waals surface area contributed by atoms with Gasteiger partial charge in [0, 0.05) is 28.5 Å². The van der Waals surface area contributed by atoms with E-state index in [9.17, 15) is 0 Å². The lowest BCUT2D eigenvalue weighted by Gasteiger charge is -2.10. The highest BCUT2D eigenvalue weighted by Crippen LogP contribution is 2.26. The third-order valence-corrected chi connectivity index (χ3v) is 5.09. The Hall–Kier alpha value is -2.88. The minimum absolute atomic E-state index is 0.378. The first-order chi connectivity index (χ1) is 14.0. The average molecular weight is 445 g/mol. The quantitative estimate of drug-likeness (QED) is 0.431. The van der Waals surface area contributed by atoms with Gasteiger partial charge in [-0.3, -0.25) is 0 Å². The van der Waals surface area contributed by atoms with Crippen LogP contribution in [0.1, 0.15) is 0 Å². The third-order valence-electron chi connectivity index (χ3n) is 3.67. The molecular formula is C18H14Cl2N8S. The second-order valence-corrected chi connectivity index (χ2v) is 7.66. The molecule has 0 unspecified atom stereocenters. The van der Waals surface area contributed by atoms with Crippen molar-refractivity contribution in [2.24, 2.45) is 7.05 Å². The van der Waals surface area contributed by atoms with E-state index < -0.39 is 0 Å². The number of aromatic nitrogens is 6. The Morgan fingerprint density at radius 2 is 1.31 bits per heavy atom. The van der Waals surface area contributed by atoms with Gasteiger partial charge in [-0.05, 0) is 60.3 Å². The number of aryl methyl sites for hydroxylation is 1. The Morgan fingerprint density at radius 3 is 1.76 bits per heavy atom. The lowest BCUT2D eigenvalue weighted by Crippen LogP contribution is -2.05. The topological polar surface area (TPSA) is 93.4 Å². The summed E-state index contributed by atoms with van der Waals surface area (Å²) in [6.07, 6.45) is 1.61. The Bertz CT molecular complexity index is 1050. The van der Waals surface area contributed by atoms with Crippen LogP contribution in [0.5, 0.6) is 0 Å². The molecule has 4 rings (SSSR count). The highest BCUT2D eigenvalue weighted by Gasteiger charge is 2.12. The van der Waals surface area contributed by atoms with E-state index in [1.165, 1.54) is 11.8 Å². The van der Waals surface area contributed by atoms with Crippen molar-refractivity contribution in [1.29, 1.82) is 0 Å². The summed E-state index contributed by atoms with van der Waals surface area (Å²) in [6, 6.07) is 14.5. The van der Waals surface area contributed by atoms with Crippen LogP contribution < -0.4 is 10.6 Å². The Morgan fingerprint density at radius 1 is 0.793 bits per heavy atom. The molecule has 0 spiro atoms. The van der Waals surface area contributed by atoms with Gasteiger partial charge < -0.3 is 15.2 Å². The summed E-state index contributed by atoms with van der Waals surface area (Å²) in [6.45, 7) is 0. The van der Waals surface area contributed by atoms with Gasteiger partial charge in [-0.25, -0.2) is 0 Å². The van der Waals surface area contributed by atoms with E-state index in [1.54, 1.807) is 35.2 Å². The molecule has 0 aliphatic heterocycles. The summed E-state index contributed by atoms with van der Waals surface area (Å²) in [5.74, 6) is 0.756. The van der Waals surface area contributed by atoms with Crippen molar-refractivity contribution in [3.63, 3.8) is 0 Å². The molecule has 0 aliphatic rings. The number of rotatable bonds is 6. The van der Waals surface area contributed by atoms with E-state index in [4.69, 9.17) is 23.2 Å². The zero-order valence-corrected chi connectivity index (χ0v) is 17.4. The van der Waals surface area contributed by atoms with Crippen LogP contribution in [-0.4, -0.2) is 29.7 Å². The minimum atomic E-state index is 0.378. The summed E-state index contributed by atoms with van der Waals surface area (Å²) < 4.78 is 1.78. The van der Waals surface area contributed by atoms with Crippen LogP contribution in [0.2, 0.25) is 10.0 Å². The second kappa shape index (κ2) is 8.64. The van der Waals surface area contributed by atoms with Crippen molar-refractivity contribution in [3.8, 4) is 0 Å². The molecule has 0 aliphatic carbocycles. The van der Waals surface area contributed by atoms with Crippen LogP contribution in [0.4, 0.5) is 23.3 Å². The normalized spacial score (nSPS) is 10.7.